The minimum Gasteiger partial charge on any atom is -0.393 e. The van der Waals surface area contributed by atoms with E-state index in [4.69, 9.17) is 17.3 Å². The van der Waals surface area contributed by atoms with Crippen LogP contribution < -0.4 is 21.9 Å². The molecule has 110 valence electrons. The lowest BCUT2D eigenvalue weighted by Gasteiger charge is -2.12. The van der Waals surface area contributed by atoms with Crippen molar-refractivity contribution >= 4 is 34.8 Å². The summed E-state index contributed by atoms with van der Waals surface area (Å²) >= 11 is 5.84. The maximum absolute atomic E-state index is 12.0. The van der Waals surface area contributed by atoms with E-state index in [1.54, 1.807) is 24.3 Å². The number of carbonyl (C=O) groups excluding carboxylic acids is 1. The second kappa shape index (κ2) is 6.76. The van der Waals surface area contributed by atoms with Crippen LogP contribution in [0.15, 0.2) is 30.6 Å². The Balaban J connectivity index is 2.06. The molecular weight excluding hydrogens is 292 g/mol. The summed E-state index contributed by atoms with van der Waals surface area (Å²) in [5, 5.41) is 3.48. The molecule has 0 fully saturated rings. The normalized spacial score (nSPS) is 10.0. The van der Waals surface area contributed by atoms with Crippen molar-refractivity contribution in [2.45, 2.75) is 6.92 Å². The van der Waals surface area contributed by atoms with Crippen LogP contribution in [0, 0.1) is 0 Å². The van der Waals surface area contributed by atoms with Gasteiger partial charge in [0, 0.05) is 17.1 Å². The maximum atomic E-state index is 12.0. The van der Waals surface area contributed by atoms with E-state index >= 15 is 0 Å². The van der Waals surface area contributed by atoms with Crippen LogP contribution >= 0.6 is 11.6 Å². The second-order valence-corrected chi connectivity index (χ2v) is 4.54. The number of aromatic nitrogens is 2. The number of hydrazine groups is 1. The third-order valence-corrected chi connectivity index (χ3v) is 2.84. The summed E-state index contributed by atoms with van der Waals surface area (Å²) in [6.07, 6.45) is 1.35. The van der Waals surface area contributed by atoms with Gasteiger partial charge in [0.1, 0.15) is 12.0 Å². The first-order valence-corrected chi connectivity index (χ1v) is 6.66. The molecule has 2 aromatic rings. The first kappa shape index (κ1) is 14.9. The molecule has 0 aliphatic heterocycles. The summed E-state index contributed by atoms with van der Waals surface area (Å²) in [5.41, 5.74) is 11.8. The molecule has 0 unspecified atom stereocenters. The Morgan fingerprint density at radius 3 is 2.81 bits per heavy atom. The van der Waals surface area contributed by atoms with E-state index in [-0.39, 0.29) is 5.91 Å². The maximum Gasteiger partial charge on any atom is 0.269 e. The third-order valence-electron chi connectivity index (χ3n) is 2.61. The fraction of sp³-hybridized carbons (Fsp3) is 0.154. The minimum atomic E-state index is -0.347. The Labute approximate surface area is 126 Å². The number of hydrogen-bond donors (Lipinski definition) is 4. The predicted molar refractivity (Wildman–Crippen MR) is 83.1 cm³/mol. The zero-order valence-electron chi connectivity index (χ0n) is 11.4. The highest BCUT2D eigenvalue weighted by Crippen LogP contribution is 2.21. The fourth-order valence-corrected chi connectivity index (χ4v) is 1.81. The summed E-state index contributed by atoms with van der Waals surface area (Å²) in [6.45, 7) is 2.60. The molecule has 0 aliphatic rings. The zero-order valence-corrected chi connectivity index (χ0v) is 12.1. The number of rotatable bonds is 5. The topological polar surface area (TPSA) is 105 Å². The summed E-state index contributed by atoms with van der Waals surface area (Å²) in [4.78, 5) is 19.9. The molecule has 1 heterocycles. The van der Waals surface area contributed by atoms with Crippen LogP contribution in [-0.4, -0.2) is 22.4 Å². The summed E-state index contributed by atoms with van der Waals surface area (Å²) in [6, 6.07) is 6.60. The number of nitrogen functional groups attached to an aromatic ring is 1. The van der Waals surface area contributed by atoms with Crippen LogP contribution in [0.1, 0.15) is 17.3 Å². The summed E-state index contributed by atoms with van der Waals surface area (Å²) in [5.74, 6) is 0.476. The molecule has 1 amide bonds. The molecule has 7 nitrogen and oxygen atoms in total. The Kier molecular flexibility index (Phi) is 4.78. The molecule has 1 aromatic carbocycles. The highest BCUT2D eigenvalue weighted by atomic mass is 35.5. The SMILES string of the molecule is CCNc1ncnc(NNC(=O)c2cccc(Cl)c2)c1N. The molecule has 1 aromatic heterocycles. The fourth-order valence-electron chi connectivity index (χ4n) is 1.62. The van der Waals surface area contributed by atoms with E-state index in [1.165, 1.54) is 6.33 Å². The van der Waals surface area contributed by atoms with Crippen molar-refractivity contribution in [3.05, 3.63) is 41.2 Å². The Bertz CT molecular complexity index is 648. The average molecular weight is 307 g/mol. The quantitative estimate of drug-likeness (QED) is 0.629. The molecule has 0 atom stereocenters. The number of carbonyl (C=O) groups is 1. The van der Waals surface area contributed by atoms with Gasteiger partial charge in [0.2, 0.25) is 0 Å². The molecule has 21 heavy (non-hydrogen) atoms. The average Bonchev–Trinajstić information content (AvgIpc) is 2.48. The predicted octanol–water partition coefficient (Wildman–Crippen LogP) is 1.90. The Morgan fingerprint density at radius 1 is 1.33 bits per heavy atom. The number of anilines is 3. The molecule has 0 saturated carbocycles. The number of amides is 1. The van der Waals surface area contributed by atoms with Crippen LogP contribution in [-0.2, 0) is 0 Å². The molecular formula is C13H15ClN6O. The van der Waals surface area contributed by atoms with E-state index in [1.807, 2.05) is 6.92 Å². The number of nitrogens with zero attached hydrogens (tertiary/aromatic N) is 2. The largest absolute Gasteiger partial charge is 0.393 e. The lowest BCUT2D eigenvalue weighted by Crippen LogP contribution is -2.30. The van der Waals surface area contributed by atoms with Crippen molar-refractivity contribution in [3.8, 4) is 0 Å². The van der Waals surface area contributed by atoms with Gasteiger partial charge in [-0.1, -0.05) is 17.7 Å². The number of benzene rings is 1. The van der Waals surface area contributed by atoms with Crippen LogP contribution in [0.5, 0.6) is 0 Å². The second-order valence-electron chi connectivity index (χ2n) is 4.10. The van der Waals surface area contributed by atoms with Gasteiger partial charge < -0.3 is 11.1 Å². The van der Waals surface area contributed by atoms with Gasteiger partial charge in [-0.05, 0) is 25.1 Å². The number of halogens is 1. The van der Waals surface area contributed by atoms with Crippen LogP contribution in [0.25, 0.3) is 0 Å². The number of nitrogens with two attached hydrogens (primary N) is 1. The molecule has 0 spiro atoms. The van der Waals surface area contributed by atoms with E-state index in [9.17, 15) is 4.79 Å². The molecule has 0 saturated heterocycles. The molecule has 2 rings (SSSR count). The number of hydrogen-bond acceptors (Lipinski definition) is 6. The molecule has 0 bridgehead atoms. The van der Waals surface area contributed by atoms with E-state index in [0.29, 0.717) is 34.5 Å². The third kappa shape index (κ3) is 3.73. The lowest BCUT2D eigenvalue weighted by molar-refractivity contribution is 0.0962. The van der Waals surface area contributed by atoms with Gasteiger partial charge in [0.05, 0.1) is 0 Å². The Morgan fingerprint density at radius 2 is 2.10 bits per heavy atom. The van der Waals surface area contributed by atoms with Gasteiger partial charge in [-0.25, -0.2) is 9.97 Å². The van der Waals surface area contributed by atoms with Crippen molar-refractivity contribution in [2.24, 2.45) is 0 Å². The van der Waals surface area contributed by atoms with Crippen molar-refractivity contribution in [2.75, 3.05) is 23.0 Å². The molecule has 0 radical (unpaired) electrons. The molecule has 8 heteroatoms. The van der Waals surface area contributed by atoms with Gasteiger partial charge in [-0.15, -0.1) is 0 Å². The summed E-state index contributed by atoms with van der Waals surface area (Å²) < 4.78 is 0. The first-order chi connectivity index (χ1) is 10.1. The highest BCUT2D eigenvalue weighted by Gasteiger charge is 2.09. The molecule has 0 aliphatic carbocycles. The van der Waals surface area contributed by atoms with Gasteiger partial charge in [-0.3, -0.25) is 15.6 Å². The van der Waals surface area contributed by atoms with Gasteiger partial charge >= 0.3 is 0 Å². The highest BCUT2D eigenvalue weighted by molar-refractivity contribution is 6.30. The minimum absolute atomic E-state index is 0.316. The van der Waals surface area contributed by atoms with Gasteiger partial charge in [-0.2, -0.15) is 0 Å². The zero-order chi connectivity index (χ0) is 15.2. The van der Waals surface area contributed by atoms with Crippen LogP contribution in [0.2, 0.25) is 5.02 Å². The first-order valence-electron chi connectivity index (χ1n) is 6.28. The summed E-state index contributed by atoms with van der Waals surface area (Å²) in [7, 11) is 0. The standard InChI is InChI=1S/C13H15ClN6O/c1-2-16-11-10(15)12(18-7-17-11)19-20-13(21)8-4-3-5-9(14)6-8/h3-7H,2,15H2,1H3,(H,20,21)(H2,16,17,18,19). The van der Waals surface area contributed by atoms with Gasteiger partial charge in [0.15, 0.2) is 11.6 Å². The van der Waals surface area contributed by atoms with E-state index in [0.717, 1.165) is 0 Å². The van der Waals surface area contributed by atoms with E-state index < -0.39 is 0 Å². The van der Waals surface area contributed by atoms with Crippen LogP contribution in [0.4, 0.5) is 17.3 Å². The van der Waals surface area contributed by atoms with Crippen LogP contribution in [0.3, 0.4) is 0 Å². The smallest absolute Gasteiger partial charge is 0.269 e. The van der Waals surface area contributed by atoms with Crippen molar-refractivity contribution in [1.82, 2.24) is 15.4 Å². The van der Waals surface area contributed by atoms with Crippen molar-refractivity contribution in [3.63, 3.8) is 0 Å². The Hall–Kier alpha value is -2.54. The van der Waals surface area contributed by atoms with Crippen molar-refractivity contribution in [1.29, 1.82) is 0 Å². The lowest BCUT2D eigenvalue weighted by atomic mass is 10.2. The van der Waals surface area contributed by atoms with E-state index in [2.05, 4.69) is 26.1 Å². The van der Waals surface area contributed by atoms with Crippen molar-refractivity contribution < 1.29 is 4.79 Å². The number of nitrogens with one attached hydrogen (secondary N) is 3. The molecule has 5 N–H and O–H groups in total. The monoisotopic (exact) mass is 306 g/mol. The van der Waals surface area contributed by atoms with Gasteiger partial charge in [0.25, 0.3) is 5.91 Å².